The summed E-state index contributed by atoms with van der Waals surface area (Å²) in [5.41, 5.74) is 3.01. The number of carbonyl (C=O) groups excluding carboxylic acids is 2. The van der Waals surface area contributed by atoms with Crippen molar-refractivity contribution >= 4 is 23.2 Å². The number of carbonyl (C=O) groups is 2. The van der Waals surface area contributed by atoms with E-state index in [0.717, 1.165) is 41.9 Å². The zero-order valence-corrected chi connectivity index (χ0v) is 16.7. The number of hydrogen-bond acceptors (Lipinski definition) is 6. The molecule has 2 aromatic rings. The highest BCUT2D eigenvalue weighted by molar-refractivity contribution is 7.03. The molecule has 2 N–H and O–H groups in total. The molecule has 1 amide bonds. The van der Waals surface area contributed by atoms with Gasteiger partial charge < -0.3 is 0 Å². The van der Waals surface area contributed by atoms with Crippen LogP contribution < -0.4 is 16.0 Å². The lowest BCUT2D eigenvalue weighted by atomic mass is 10.0. The molecule has 28 heavy (non-hydrogen) atoms. The number of ketones is 1. The number of rotatable bonds is 11. The molecule has 0 saturated carbocycles. The molecule has 152 valence electrons. The number of aryl methyl sites for hydroxylation is 1. The van der Waals surface area contributed by atoms with Gasteiger partial charge >= 0.3 is 10.6 Å². The second-order valence-electron chi connectivity index (χ2n) is 6.70. The lowest BCUT2D eigenvalue weighted by Crippen LogP contribution is -2.28. The molecule has 0 atom stereocenters. The van der Waals surface area contributed by atoms with Crippen molar-refractivity contribution in [1.82, 2.24) is 14.0 Å². The summed E-state index contributed by atoms with van der Waals surface area (Å²) in [7, 11) is 1.56. The first-order chi connectivity index (χ1) is 13.4. The van der Waals surface area contributed by atoms with Crippen molar-refractivity contribution in [2.75, 3.05) is 0 Å². The van der Waals surface area contributed by atoms with Gasteiger partial charge in [-0.25, -0.2) is 18.8 Å². The number of amides is 1. The van der Waals surface area contributed by atoms with E-state index < -0.39 is 0 Å². The lowest BCUT2D eigenvalue weighted by Gasteiger charge is -2.05. The smallest absolute Gasteiger partial charge is 0.299 e. The Morgan fingerprint density at radius 2 is 1.61 bits per heavy atom. The van der Waals surface area contributed by atoms with Crippen LogP contribution >= 0.6 is 11.5 Å². The van der Waals surface area contributed by atoms with Crippen molar-refractivity contribution in [3.63, 3.8) is 0 Å². The predicted octanol–water partition coefficient (Wildman–Crippen LogP) is 1.61. The molecular formula is C19H25N3O5S. The third-order valence-corrected chi connectivity index (χ3v) is 5.24. The van der Waals surface area contributed by atoms with Gasteiger partial charge in [-0.05, 0) is 24.0 Å². The van der Waals surface area contributed by atoms with Crippen molar-refractivity contribution in [2.24, 2.45) is 7.05 Å². The van der Waals surface area contributed by atoms with Crippen molar-refractivity contribution in [3.8, 4) is 0 Å². The van der Waals surface area contributed by atoms with Crippen LogP contribution in [0.3, 0.4) is 0 Å². The van der Waals surface area contributed by atoms with E-state index in [9.17, 15) is 19.2 Å². The van der Waals surface area contributed by atoms with Gasteiger partial charge in [0.2, 0.25) is 5.91 Å². The third-order valence-electron chi connectivity index (χ3n) is 4.43. The molecule has 1 aromatic heterocycles. The topological polar surface area (TPSA) is 110 Å². The third kappa shape index (κ3) is 6.58. The van der Waals surface area contributed by atoms with Crippen LogP contribution in [0, 0.1) is 0 Å². The number of nitrogens with zero attached hydrogens (tertiary/aromatic N) is 2. The number of nitrogens with one attached hydrogen (secondary N) is 1. The Morgan fingerprint density at radius 1 is 1.00 bits per heavy atom. The number of hydrogen-bond donors (Lipinski definition) is 2. The molecule has 2 rings (SSSR count). The highest BCUT2D eigenvalue weighted by Gasteiger charge is 2.09. The average molecular weight is 407 g/mol. The molecule has 1 heterocycles. The summed E-state index contributed by atoms with van der Waals surface area (Å²) in [6.45, 7) is 0.220. The van der Waals surface area contributed by atoms with E-state index in [2.05, 4.69) is 0 Å². The van der Waals surface area contributed by atoms with Crippen LogP contribution in [0.4, 0.5) is 0 Å². The van der Waals surface area contributed by atoms with Crippen molar-refractivity contribution in [1.29, 1.82) is 0 Å². The second-order valence-corrected chi connectivity index (χ2v) is 7.78. The maximum atomic E-state index is 12.1. The zero-order valence-electron chi connectivity index (χ0n) is 15.8. The number of benzene rings is 1. The monoisotopic (exact) mass is 407 g/mol. The van der Waals surface area contributed by atoms with Crippen LogP contribution in [-0.4, -0.2) is 25.4 Å². The summed E-state index contributed by atoms with van der Waals surface area (Å²) in [6, 6.07) is 7.36. The fraction of sp³-hybridized carbons (Fsp3) is 0.474. The Kier molecular flexibility index (Phi) is 8.34. The molecule has 0 unspecified atom stereocenters. The Hall–Kier alpha value is -2.52. The van der Waals surface area contributed by atoms with Crippen molar-refractivity contribution < 1.29 is 14.8 Å². The van der Waals surface area contributed by atoms with Crippen LogP contribution in [-0.2, 0) is 29.6 Å². The molecule has 0 aliphatic rings. The standard InChI is InChI=1S/C19H25N3O5S/c1-21-18(25)22(19(26)28-21)13-15-10-8-14(9-11-15)12-16(23)6-4-2-3-5-7-17(24)20-27/h8-11,27H,2-7,12-13H2,1H3,(H,20,24). The summed E-state index contributed by atoms with van der Waals surface area (Å²) < 4.78 is 2.49. The van der Waals surface area contributed by atoms with E-state index >= 15 is 0 Å². The Bertz CT molecular complexity index is 911. The van der Waals surface area contributed by atoms with Gasteiger partial charge in [-0.3, -0.25) is 19.6 Å². The van der Waals surface area contributed by atoms with Gasteiger partial charge in [-0.2, -0.15) is 0 Å². The van der Waals surface area contributed by atoms with E-state index in [1.165, 1.54) is 8.52 Å². The van der Waals surface area contributed by atoms with Crippen LogP contribution in [0.1, 0.15) is 49.7 Å². The van der Waals surface area contributed by atoms with Crippen molar-refractivity contribution in [3.05, 3.63) is 55.5 Å². The molecule has 0 spiro atoms. The molecule has 0 aliphatic heterocycles. The molecular weight excluding hydrogens is 382 g/mol. The minimum Gasteiger partial charge on any atom is -0.299 e. The molecule has 0 bridgehead atoms. The molecule has 9 heteroatoms. The SMILES string of the molecule is Cn1sc(=O)n(Cc2ccc(CC(=O)CCCCCCC(=O)NO)cc2)c1=O. The van der Waals surface area contributed by atoms with Crippen molar-refractivity contribution in [2.45, 2.75) is 51.5 Å². The van der Waals surface area contributed by atoms with Gasteiger partial charge in [0.1, 0.15) is 5.78 Å². The average Bonchev–Trinajstić information content (AvgIpc) is 2.91. The van der Waals surface area contributed by atoms with Crippen LogP contribution in [0.5, 0.6) is 0 Å². The summed E-state index contributed by atoms with van der Waals surface area (Å²) in [4.78, 5) is 46.3. The molecule has 0 radical (unpaired) electrons. The number of unbranched alkanes of at least 4 members (excludes halogenated alkanes) is 3. The fourth-order valence-electron chi connectivity index (χ4n) is 2.86. The lowest BCUT2D eigenvalue weighted by molar-refractivity contribution is -0.129. The van der Waals surface area contributed by atoms with E-state index in [4.69, 9.17) is 5.21 Å². The van der Waals surface area contributed by atoms with Crippen LogP contribution in [0.25, 0.3) is 0 Å². The summed E-state index contributed by atoms with van der Waals surface area (Å²) in [6.07, 6.45) is 4.33. The summed E-state index contributed by atoms with van der Waals surface area (Å²) in [5.74, 6) is -0.229. The zero-order chi connectivity index (χ0) is 20.5. The first kappa shape index (κ1) is 21.8. The molecule has 0 fully saturated rings. The minimum absolute atomic E-state index is 0.156. The van der Waals surface area contributed by atoms with Gasteiger partial charge in [0, 0.05) is 37.8 Å². The van der Waals surface area contributed by atoms with E-state index in [1.807, 2.05) is 24.3 Å². The molecule has 8 nitrogen and oxygen atoms in total. The first-order valence-corrected chi connectivity index (χ1v) is 9.97. The summed E-state index contributed by atoms with van der Waals surface area (Å²) in [5, 5.41) is 8.39. The van der Waals surface area contributed by atoms with Crippen LogP contribution in [0.15, 0.2) is 33.9 Å². The van der Waals surface area contributed by atoms with E-state index in [0.29, 0.717) is 25.7 Å². The van der Waals surface area contributed by atoms with Gasteiger partial charge in [0.25, 0.3) is 0 Å². The Balaban J connectivity index is 1.74. The maximum Gasteiger partial charge on any atom is 0.341 e. The van der Waals surface area contributed by atoms with E-state index in [1.54, 1.807) is 12.5 Å². The highest BCUT2D eigenvalue weighted by Crippen LogP contribution is 2.10. The highest BCUT2D eigenvalue weighted by atomic mass is 32.1. The Labute approximate surface area is 166 Å². The first-order valence-electron chi connectivity index (χ1n) is 9.20. The summed E-state index contributed by atoms with van der Waals surface area (Å²) >= 11 is 0.878. The predicted molar refractivity (Wildman–Crippen MR) is 106 cm³/mol. The Morgan fingerprint density at radius 3 is 2.18 bits per heavy atom. The van der Waals surface area contributed by atoms with Gasteiger partial charge in [0.05, 0.1) is 6.54 Å². The number of hydroxylamine groups is 1. The van der Waals surface area contributed by atoms with Gasteiger partial charge in [-0.1, -0.05) is 37.1 Å². The number of aromatic nitrogens is 2. The van der Waals surface area contributed by atoms with E-state index in [-0.39, 0.29) is 28.8 Å². The molecule has 0 aliphatic carbocycles. The van der Waals surface area contributed by atoms with Crippen LogP contribution in [0.2, 0.25) is 0 Å². The molecule has 1 aromatic carbocycles. The largest absolute Gasteiger partial charge is 0.341 e. The second kappa shape index (κ2) is 10.7. The fourth-order valence-corrected chi connectivity index (χ4v) is 3.52. The quantitative estimate of drug-likeness (QED) is 0.334. The maximum absolute atomic E-state index is 12.1. The minimum atomic E-state index is -0.385. The number of Topliss-reactive ketones (excluding diaryl/α,β-unsaturated/α-hetero) is 1. The van der Waals surface area contributed by atoms with Gasteiger partial charge in [-0.15, -0.1) is 0 Å². The molecule has 0 saturated heterocycles. The normalized spacial score (nSPS) is 10.8. The van der Waals surface area contributed by atoms with Gasteiger partial charge in [0.15, 0.2) is 0 Å².